The number of aryl methyl sites for hydroxylation is 1. The summed E-state index contributed by atoms with van der Waals surface area (Å²) in [5, 5.41) is 0. The second kappa shape index (κ2) is 11.3. The fourth-order valence-corrected chi connectivity index (χ4v) is 4.78. The SMILES string of the molecule is COc1cc(Cc2cnc(/N=C3\C(=O)N(CN4CCOCC4)c4ccc(C)cc43)nc2N)cc(OC)c1OC. The summed E-state index contributed by atoms with van der Waals surface area (Å²) >= 11 is 0. The smallest absolute Gasteiger partial charge is 0.278 e. The zero-order valence-electron chi connectivity index (χ0n) is 22.6. The van der Waals surface area contributed by atoms with Gasteiger partial charge in [-0.2, -0.15) is 4.98 Å². The minimum Gasteiger partial charge on any atom is -0.493 e. The third kappa shape index (κ3) is 5.36. The number of anilines is 2. The van der Waals surface area contributed by atoms with Crippen LogP contribution >= 0.6 is 0 Å². The van der Waals surface area contributed by atoms with Gasteiger partial charge in [-0.3, -0.25) is 14.6 Å². The Kier molecular flexibility index (Phi) is 7.62. The van der Waals surface area contributed by atoms with Gasteiger partial charge in [-0.05, 0) is 36.8 Å². The Morgan fingerprint density at radius 3 is 2.41 bits per heavy atom. The van der Waals surface area contributed by atoms with E-state index >= 15 is 0 Å². The van der Waals surface area contributed by atoms with E-state index in [2.05, 4.69) is 19.9 Å². The van der Waals surface area contributed by atoms with Crippen molar-refractivity contribution in [1.82, 2.24) is 14.9 Å². The van der Waals surface area contributed by atoms with Crippen molar-refractivity contribution >= 4 is 29.1 Å². The number of hydrogen-bond donors (Lipinski definition) is 1. The van der Waals surface area contributed by atoms with Crippen LogP contribution in [0.1, 0.15) is 22.3 Å². The molecule has 0 atom stereocenters. The Labute approximate surface area is 227 Å². The molecular formula is C28H32N6O5. The lowest BCUT2D eigenvalue weighted by atomic mass is 10.1. The summed E-state index contributed by atoms with van der Waals surface area (Å²) in [6.45, 7) is 5.29. The van der Waals surface area contributed by atoms with Crippen LogP contribution in [0.25, 0.3) is 0 Å². The number of nitrogens with two attached hydrogens (primary N) is 1. The fourth-order valence-electron chi connectivity index (χ4n) is 4.78. The largest absolute Gasteiger partial charge is 0.493 e. The van der Waals surface area contributed by atoms with E-state index in [0.717, 1.165) is 35.5 Å². The van der Waals surface area contributed by atoms with Crippen LogP contribution in [0.5, 0.6) is 17.2 Å². The highest BCUT2D eigenvalue weighted by Gasteiger charge is 2.35. The van der Waals surface area contributed by atoms with Gasteiger partial charge in [0.05, 0.1) is 46.9 Å². The molecule has 0 saturated carbocycles. The normalized spacial score (nSPS) is 16.5. The average Bonchev–Trinajstić information content (AvgIpc) is 3.19. The molecule has 2 N–H and O–H groups in total. The van der Waals surface area contributed by atoms with E-state index in [4.69, 9.17) is 24.7 Å². The molecule has 39 heavy (non-hydrogen) atoms. The first-order chi connectivity index (χ1) is 18.9. The number of nitrogens with zero attached hydrogens (tertiary/aromatic N) is 5. The monoisotopic (exact) mass is 532 g/mol. The van der Waals surface area contributed by atoms with E-state index in [1.54, 1.807) is 32.4 Å². The van der Waals surface area contributed by atoms with Gasteiger partial charge in [-0.1, -0.05) is 11.6 Å². The maximum Gasteiger partial charge on any atom is 0.278 e. The van der Waals surface area contributed by atoms with E-state index in [0.29, 0.717) is 54.8 Å². The minimum atomic E-state index is -0.189. The molecule has 204 valence electrons. The molecule has 2 aliphatic rings. The second-order valence-electron chi connectivity index (χ2n) is 9.38. The van der Waals surface area contributed by atoms with E-state index < -0.39 is 0 Å². The van der Waals surface area contributed by atoms with Gasteiger partial charge in [0.2, 0.25) is 5.75 Å². The van der Waals surface area contributed by atoms with Crippen LogP contribution in [-0.2, 0) is 16.0 Å². The van der Waals surface area contributed by atoms with Crippen LogP contribution in [0.2, 0.25) is 0 Å². The number of carbonyl (C=O) groups is 1. The average molecular weight is 533 g/mol. The van der Waals surface area contributed by atoms with Crippen LogP contribution in [0.4, 0.5) is 17.5 Å². The quantitative estimate of drug-likeness (QED) is 0.466. The molecule has 2 aliphatic heterocycles. The molecule has 0 unspecified atom stereocenters. The number of morpholine rings is 1. The van der Waals surface area contributed by atoms with Crippen molar-refractivity contribution in [1.29, 1.82) is 0 Å². The predicted octanol–water partition coefficient (Wildman–Crippen LogP) is 2.74. The highest BCUT2D eigenvalue weighted by atomic mass is 16.5. The van der Waals surface area contributed by atoms with Crippen molar-refractivity contribution in [2.24, 2.45) is 4.99 Å². The summed E-state index contributed by atoms with van der Waals surface area (Å²) in [5.74, 6) is 1.82. The molecule has 5 rings (SSSR count). The molecule has 0 radical (unpaired) electrons. The molecule has 3 heterocycles. The third-order valence-electron chi connectivity index (χ3n) is 6.81. The summed E-state index contributed by atoms with van der Waals surface area (Å²) < 4.78 is 21.8. The van der Waals surface area contributed by atoms with E-state index in [1.165, 1.54) is 0 Å². The standard InChI is InChI=1S/C28H32N6O5/c1-17-5-6-21-20(11-17)24(27(35)34(21)16-33-7-9-39-10-8-33)31-28-30-15-19(26(29)32-28)12-18-13-22(36-2)25(38-4)23(14-18)37-3/h5-6,11,13-15H,7-10,12,16H2,1-4H3,(H2,29,30,32)/b31-24-. The van der Waals surface area contributed by atoms with Crippen molar-refractivity contribution in [3.05, 3.63) is 58.8 Å². The zero-order valence-corrected chi connectivity index (χ0v) is 22.6. The van der Waals surface area contributed by atoms with E-state index in [1.807, 2.05) is 37.3 Å². The lowest BCUT2D eigenvalue weighted by Crippen LogP contribution is -2.45. The predicted molar refractivity (Wildman–Crippen MR) is 147 cm³/mol. The molecular weight excluding hydrogens is 500 g/mol. The number of benzene rings is 2. The lowest BCUT2D eigenvalue weighted by Gasteiger charge is -2.30. The molecule has 1 saturated heterocycles. The fraction of sp³-hybridized carbons (Fsp3) is 0.357. The number of fused-ring (bicyclic) bond motifs is 1. The number of amides is 1. The van der Waals surface area contributed by atoms with Crippen LogP contribution in [0.15, 0.2) is 41.5 Å². The minimum absolute atomic E-state index is 0.130. The molecule has 0 aliphatic carbocycles. The van der Waals surface area contributed by atoms with Gasteiger partial charge < -0.3 is 24.7 Å². The maximum atomic E-state index is 13.5. The zero-order chi connectivity index (χ0) is 27.5. The Balaban J connectivity index is 1.42. The first kappa shape index (κ1) is 26.4. The number of carbonyl (C=O) groups excluding carboxylic acids is 1. The van der Waals surface area contributed by atoms with Crippen molar-refractivity contribution in [3.63, 3.8) is 0 Å². The molecule has 11 nitrogen and oxygen atoms in total. The van der Waals surface area contributed by atoms with Crippen molar-refractivity contribution in [3.8, 4) is 17.2 Å². The van der Waals surface area contributed by atoms with E-state index in [-0.39, 0.29) is 17.7 Å². The van der Waals surface area contributed by atoms with Gasteiger partial charge in [0.1, 0.15) is 11.5 Å². The van der Waals surface area contributed by atoms with Gasteiger partial charge in [-0.25, -0.2) is 9.98 Å². The van der Waals surface area contributed by atoms with Crippen molar-refractivity contribution < 1.29 is 23.7 Å². The van der Waals surface area contributed by atoms with Crippen LogP contribution in [0, 0.1) is 6.92 Å². The molecule has 1 aromatic heterocycles. The molecule has 3 aromatic rings. The number of nitrogen functional groups attached to an aromatic ring is 1. The number of aromatic nitrogens is 2. The van der Waals surface area contributed by atoms with Crippen LogP contribution in [0.3, 0.4) is 0 Å². The number of methoxy groups -OCH3 is 3. The molecule has 1 fully saturated rings. The van der Waals surface area contributed by atoms with Gasteiger partial charge in [0.25, 0.3) is 11.9 Å². The first-order valence-electron chi connectivity index (χ1n) is 12.6. The molecule has 11 heteroatoms. The highest BCUT2D eigenvalue weighted by Crippen LogP contribution is 2.39. The Morgan fingerprint density at radius 1 is 1.05 bits per heavy atom. The van der Waals surface area contributed by atoms with Crippen LogP contribution in [-0.4, -0.2) is 80.8 Å². The number of ether oxygens (including phenoxy) is 4. The topological polar surface area (TPSA) is 125 Å². The molecule has 0 spiro atoms. The Hall–Kier alpha value is -4.22. The molecule has 1 amide bonds. The van der Waals surface area contributed by atoms with Crippen molar-refractivity contribution in [2.45, 2.75) is 13.3 Å². The van der Waals surface area contributed by atoms with Gasteiger partial charge in [0, 0.05) is 36.8 Å². The third-order valence-corrected chi connectivity index (χ3v) is 6.81. The van der Waals surface area contributed by atoms with Gasteiger partial charge >= 0.3 is 0 Å². The second-order valence-corrected chi connectivity index (χ2v) is 9.38. The summed E-state index contributed by atoms with van der Waals surface area (Å²) in [7, 11) is 4.69. The first-order valence-corrected chi connectivity index (χ1v) is 12.6. The maximum absolute atomic E-state index is 13.5. The van der Waals surface area contributed by atoms with Gasteiger partial charge in [0.15, 0.2) is 11.5 Å². The summed E-state index contributed by atoms with van der Waals surface area (Å²) in [4.78, 5) is 30.9. The van der Waals surface area contributed by atoms with E-state index in [9.17, 15) is 4.79 Å². The molecule has 0 bridgehead atoms. The van der Waals surface area contributed by atoms with Crippen LogP contribution < -0.4 is 24.8 Å². The molecule has 2 aromatic carbocycles. The summed E-state index contributed by atoms with van der Waals surface area (Å²) in [6, 6.07) is 9.63. The number of hydrogen-bond acceptors (Lipinski definition) is 10. The summed E-state index contributed by atoms with van der Waals surface area (Å²) in [5.41, 5.74) is 10.8. The van der Waals surface area contributed by atoms with Gasteiger partial charge in [-0.15, -0.1) is 0 Å². The Morgan fingerprint density at radius 2 is 1.77 bits per heavy atom. The Bertz CT molecular complexity index is 1390. The lowest BCUT2D eigenvalue weighted by molar-refractivity contribution is -0.112. The number of aliphatic imine (C=N–C) groups is 1. The van der Waals surface area contributed by atoms with Crippen molar-refractivity contribution in [2.75, 3.05) is 64.9 Å². The highest BCUT2D eigenvalue weighted by molar-refractivity contribution is 6.54. The summed E-state index contributed by atoms with van der Waals surface area (Å²) in [6.07, 6.45) is 2.07. The number of rotatable bonds is 8.